The van der Waals surface area contributed by atoms with Crippen molar-refractivity contribution in [1.29, 1.82) is 0 Å². The van der Waals surface area contributed by atoms with E-state index < -0.39 is 0 Å². The van der Waals surface area contributed by atoms with Crippen LogP contribution >= 0.6 is 22.7 Å². The predicted octanol–water partition coefficient (Wildman–Crippen LogP) is 4.94. The van der Waals surface area contributed by atoms with Crippen molar-refractivity contribution >= 4 is 39.6 Å². The van der Waals surface area contributed by atoms with Gasteiger partial charge in [-0.25, -0.2) is 4.98 Å². The third kappa shape index (κ3) is 4.61. The lowest BCUT2D eigenvalue weighted by Gasteiger charge is -2.12. The van der Waals surface area contributed by atoms with Gasteiger partial charge in [0.1, 0.15) is 0 Å². The number of hydrogen-bond acceptors (Lipinski definition) is 5. The number of anilines is 1. The lowest BCUT2D eigenvalue weighted by atomic mass is 10.1. The van der Waals surface area contributed by atoms with Crippen molar-refractivity contribution in [2.45, 2.75) is 33.7 Å². The number of aryl methyl sites for hydroxylation is 2. The number of benzene rings is 1. The van der Waals surface area contributed by atoms with Gasteiger partial charge in [-0.15, -0.1) is 22.7 Å². The van der Waals surface area contributed by atoms with Crippen molar-refractivity contribution in [3.05, 3.63) is 56.6 Å². The molecule has 3 rings (SSSR count). The molecule has 140 valence electrons. The first kappa shape index (κ1) is 19.3. The van der Waals surface area contributed by atoms with Crippen LogP contribution in [-0.4, -0.2) is 16.8 Å². The van der Waals surface area contributed by atoms with Gasteiger partial charge in [0.2, 0.25) is 5.91 Å². The molecular weight excluding hydrogens is 378 g/mol. The van der Waals surface area contributed by atoms with Gasteiger partial charge in [-0.1, -0.05) is 24.3 Å². The van der Waals surface area contributed by atoms with Gasteiger partial charge in [0.25, 0.3) is 5.91 Å². The summed E-state index contributed by atoms with van der Waals surface area (Å²) in [5.74, 6) is -0.181. The molecule has 0 aliphatic heterocycles. The maximum atomic E-state index is 12.4. The van der Waals surface area contributed by atoms with Crippen LogP contribution < -0.4 is 10.6 Å². The van der Waals surface area contributed by atoms with E-state index in [2.05, 4.69) is 15.6 Å². The number of aromatic nitrogens is 1. The van der Waals surface area contributed by atoms with Crippen LogP contribution in [0.15, 0.2) is 35.7 Å². The minimum atomic E-state index is -0.128. The molecule has 7 heteroatoms. The highest BCUT2D eigenvalue weighted by molar-refractivity contribution is 7.15. The number of carbonyl (C=O) groups excluding carboxylic acids is 2. The van der Waals surface area contributed by atoms with E-state index in [1.165, 1.54) is 29.6 Å². The van der Waals surface area contributed by atoms with Crippen molar-refractivity contribution in [3.63, 3.8) is 0 Å². The first-order valence-electron chi connectivity index (χ1n) is 8.55. The number of thiazole rings is 1. The molecule has 1 atom stereocenters. The third-order valence-electron chi connectivity index (χ3n) is 4.24. The zero-order valence-corrected chi connectivity index (χ0v) is 17.3. The van der Waals surface area contributed by atoms with Crippen LogP contribution in [0, 0.1) is 13.8 Å². The third-order valence-corrected chi connectivity index (χ3v) is 6.15. The van der Waals surface area contributed by atoms with Gasteiger partial charge in [0.05, 0.1) is 16.6 Å². The summed E-state index contributed by atoms with van der Waals surface area (Å²) in [6.07, 6.45) is 0. The highest BCUT2D eigenvalue weighted by Crippen LogP contribution is 2.27. The largest absolute Gasteiger partial charge is 0.350 e. The summed E-state index contributed by atoms with van der Waals surface area (Å²) >= 11 is 2.89. The second-order valence-corrected chi connectivity index (χ2v) is 8.50. The molecule has 2 amide bonds. The Kier molecular flexibility index (Phi) is 5.72. The quantitative estimate of drug-likeness (QED) is 0.638. The maximum absolute atomic E-state index is 12.4. The van der Waals surface area contributed by atoms with Crippen LogP contribution in [0.3, 0.4) is 0 Å². The van der Waals surface area contributed by atoms with Crippen LogP contribution in [0.4, 0.5) is 5.13 Å². The molecule has 0 aliphatic rings. The van der Waals surface area contributed by atoms with Gasteiger partial charge in [-0.2, -0.15) is 0 Å². The fourth-order valence-corrected chi connectivity index (χ4v) is 4.28. The molecule has 0 unspecified atom stereocenters. The number of nitrogens with zero attached hydrogens (tertiary/aromatic N) is 1. The number of hydrogen-bond donors (Lipinski definition) is 2. The summed E-state index contributed by atoms with van der Waals surface area (Å²) in [5, 5.41) is 8.24. The van der Waals surface area contributed by atoms with Crippen molar-refractivity contribution in [3.8, 4) is 11.3 Å². The second-order valence-electron chi connectivity index (χ2n) is 6.39. The van der Waals surface area contributed by atoms with E-state index in [0.29, 0.717) is 10.0 Å². The first-order valence-corrected chi connectivity index (χ1v) is 10.2. The Bertz CT molecular complexity index is 954. The molecular formula is C20H21N3O2S2. The van der Waals surface area contributed by atoms with Crippen molar-refractivity contribution < 1.29 is 9.59 Å². The number of carbonyl (C=O) groups is 2. The molecule has 0 saturated heterocycles. The molecule has 0 aliphatic carbocycles. The Balaban J connectivity index is 1.70. The van der Waals surface area contributed by atoms with E-state index in [0.717, 1.165) is 27.3 Å². The van der Waals surface area contributed by atoms with Gasteiger partial charge < -0.3 is 5.32 Å². The molecule has 5 nitrogen and oxygen atoms in total. The Hall–Kier alpha value is -2.51. The topological polar surface area (TPSA) is 71.1 Å². The normalized spacial score (nSPS) is 11.9. The van der Waals surface area contributed by atoms with Gasteiger partial charge in [-0.05, 0) is 38.0 Å². The maximum Gasteiger partial charge on any atom is 0.267 e. The summed E-state index contributed by atoms with van der Waals surface area (Å²) in [6, 6.07) is 9.76. The fourth-order valence-electron chi connectivity index (χ4n) is 2.64. The fraction of sp³-hybridized carbons (Fsp3) is 0.250. The lowest BCUT2D eigenvalue weighted by molar-refractivity contribution is -0.119. The number of thiophene rings is 1. The second kappa shape index (κ2) is 8.02. The molecule has 0 radical (unpaired) electrons. The zero-order valence-electron chi connectivity index (χ0n) is 15.6. The standard InChI is InChI=1S/C20H21N3O2S2/c1-11-9-18(27-13(11)3)19(25)23-20-22-17(10-26-20)16-7-5-15(6-8-16)12(2)21-14(4)24/h5-10,12H,1-4H3,(H,21,24)(H,22,23,25)/t12-/m1/s1. The van der Waals surface area contributed by atoms with Crippen LogP contribution in [0.25, 0.3) is 11.3 Å². The van der Waals surface area contributed by atoms with E-state index in [4.69, 9.17) is 0 Å². The lowest BCUT2D eigenvalue weighted by Crippen LogP contribution is -2.23. The molecule has 2 aromatic heterocycles. The molecule has 27 heavy (non-hydrogen) atoms. The Labute approximate surface area is 166 Å². The zero-order chi connectivity index (χ0) is 19.6. The minimum absolute atomic E-state index is 0.0421. The summed E-state index contributed by atoms with van der Waals surface area (Å²) < 4.78 is 0. The number of nitrogens with one attached hydrogen (secondary N) is 2. The minimum Gasteiger partial charge on any atom is -0.350 e. The highest BCUT2D eigenvalue weighted by Gasteiger charge is 2.13. The van der Waals surface area contributed by atoms with Crippen LogP contribution in [-0.2, 0) is 4.79 Å². The monoisotopic (exact) mass is 399 g/mol. The Morgan fingerprint density at radius 1 is 1.15 bits per heavy atom. The molecule has 3 aromatic rings. The van der Waals surface area contributed by atoms with E-state index >= 15 is 0 Å². The van der Waals surface area contributed by atoms with E-state index in [1.807, 2.05) is 56.5 Å². The number of rotatable bonds is 5. The summed E-state index contributed by atoms with van der Waals surface area (Å²) in [6.45, 7) is 7.46. The van der Waals surface area contributed by atoms with E-state index in [-0.39, 0.29) is 17.9 Å². The molecule has 2 N–H and O–H groups in total. The first-order chi connectivity index (χ1) is 12.8. The number of amides is 2. The van der Waals surface area contributed by atoms with Gasteiger partial charge in [0.15, 0.2) is 5.13 Å². The molecule has 0 fully saturated rings. The van der Waals surface area contributed by atoms with E-state index in [9.17, 15) is 9.59 Å². The van der Waals surface area contributed by atoms with Crippen molar-refractivity contribution in [2.75, 3.05) is 5.32 Å². The summed E-state index contributed by atoms with van der Waals surface area (Å²) in [7, 11) is 0. The van der Waals surface area contributed by atoms with Crippen molar-refractivity contribution in [1.82, 2.24) is 10.3 Å². The SMILES string of the molecule is CC(=O)N[C@H](C)c1ccc(-c2csc(NC(=O)c3cc(C)c(C)s3)n2)cc1. The van der Waals surface area contributed by atoms with Crippen LogP contribution in [0.1, 0.15) is 45.6 Å². The van der Waals surface area contributed by atoms with Gasteiger partial charge in [0, 0.05) is 22.7 Å². The molecule has 1 aromatic carbocycles. The average Bonchev–Trinajstić information content (AvgIpc) is 3.21. The average molecular weight is 400 g/mol. The van der Waals surface area contributed by atoms with Crippen LogP contribution in [0.5, 0.6) is 0 Å². The van der Waals surface area contributed by atoms with Crippen molar-refractivity contribution in [2.24, 2.45) is 0 Å². The molecule has 0 saturated carbocycles. The summed E-state index contributed by atoms with van der Waals surface area (Å²) in [4.78, 5) is 29.9. The Morgan fingerprint density at radius 3 is 2.44 bits per heavy atom. The van der Waals surface area contributed by atoms with Crippen LogP contribution in [0.2, 0.25) is 0 Å². The van der Waals surface area contributed by atoms with Gasteiger partial charge in [-0.3, -0.25) is 14.9 Å². The Morgan fingerprint density at radius 2 is 1.85 bits per heavy atom. The molecule has 2 heterocycles. The predicted molar refractivity (Wildman–Crippen MR) is 112 cm³/mol. The van der Waals surface area contributed by atoms with E-state index in [1.54, 1.807) is 0 Å². The highest BCUT2D eigenvalue weighted by atomic mass is 32.1. The molecule has 0 spiro atoms. The summed E-state index contributed by atoms with van der Waals surface area (Å²) in [5.41, 5.74) is 3.93. The van der Waals surface area contributed by atoms with Gasteiger partial charge >= 0.3 is 0 Å². The molecule has 0 bridgehead atoms. The smallest absolute Gasteiger partial charge is 0.267 e.